The molecule has 0 aliphatic carbocycles. The first-order valence-corrected chi connectivity index (χ1v) is 5.18. The van der Waals surface area contributed by atoms with Crippen LogP contribution in [-0.4, -0.2) is 33.2 Å². The van der Waals surface area contributed by atoms with E-state index in [1.165, 1.54) is 0 Å². The van der Waals surface area contributed by atoms with Gasteiger partial charge < -0.3 is 9.47 Å². The van der Waals surface area contributed by atoms with Crippen molar-refractivity contribution in [1.29, 1.82) is 0 Å². The quantitative estimate of drug-likeness (QED) is 0.629. The Kier molecular flexibility index (Phi) is 4.29. The Labute approximate surface area is 96.4 Å². The van der Waals surface area contributed by atoms with Crippen LogP contribution in [0.25, 0.3) is 0 Å². The van der Waals surface area contributed by atoms with Crippen LogP contribution >= 0.6 is 12.6 Å². The molecule has 0 saturated carbocycles. The summed E-state index contributed by atoms with van der Waals surface area (Å²) >= 11 is 4.51. The summed E-state index contributed by atoms with van der Waals surface area (Å²) in [4.78, 5) is 2.00. The van der Waals surface area contributed by atoms with E-state index < -0.39 is 0 Å². The molecular formula is C11H17NO2S. The van der Waals surface area contributed by atoms with Crippen molar-refractivity contribution in [2.45, 2.75) is 5.37 Å². The lowest BCUT2D eigenvalue weighted by molar-refractivity contribution is 0.362. The molecule has 4 heteroatoms. The average Bonchev–Trinajstić information content (AvgIpc) is 2.27. The fourth-order valence-corrected chi connectivity index (χ4v) is 1.52. The van der Waals surface area contributed by atoms with Crippen molar-refractivity contribution in [3.05, 3.63) is 23.8 Å². The first-order chi connectivity index (χ1) is 7.10. The van der Waals surface area contributed by atoms with E-state index >= 15 is 0 Å². The summed E-state index contributed by atoms with van der Waals surface area (Å²) in [6.07, 6.45) is 0. The van der Waals surface area contributed by atoms with Crippen LogP contribution in [0.15, 0.2) is 18.2 Å². The van der Waals surface area contributed by atoms with Crippen LogP contribution in [0.2, 0.25) is 0 Å². The summed E-state index contributed by atoms with van der Waals surface area (Å²) in [5, 5.41) is -0.00458. The Morgan fingerprint density at radius 2 is 1.87 bits per heavy atom. The van der Waals surface area contributed by atoms with Crippen LogP contribution in [0.1, 0.15) is 10.9 Å². The minimum absolute atomic E-state index is 0.00458. The van der Waals surface area contributed by atoms with Gasteiger partial charge in [0.05, 0.1) is 19.6 Å². The summed E-state index contributed by atoms with van der Waals surface area (Å²) in [6.45, 7) is 0. The van der Waals surface area contributed by atoms with Gasteiger partial charge in [-0.25, -0.2) is 0 Å². The van der Waals surface area contributed by atoms with E-state index in [1.54, 1.807) is 14.2 Å². The summed E-state index contributed by atoms with van der Waals surface area (Å²) in [7, 11) is 7.24. The third-order valence-electron chi connectivity index (χ3n) is 2.20. The van der Waals surface area contributed by atoms with Crippen LogP contribution in [0.4, 0.5) is 0 Å². The number of nitrogens with zero attached hydrogens (tertiary/aromatic N) is 1. The van der Waals surface area contributed by atoms with Gasteiger partial charge >= 0.3 is 0 Å². The van der Waals surface area contributed by atoms with Gasteiger partial charge in [0.1, 0.15) is 11.5 Å². The van der Waals surface area contributed by atoms with Gasteiger partial charge in [0.15, 0.2) is 0 Å². The van der Waals surface area contributed by atoms with Gasteiger partial charge in [-0.2, -0.15) is 12.6 Å². The lowest BCUT2D eigenvalue weighted by Gasteiger charge is -2.21. The van der Waals surface area contributed by atoms with Crippen LogP contribution in [0.5, 0.6) is 11.5 Å². The molecule has 0 aromatic heterocycles. The van der Waals surface area contributed by atoms with E-state index in [4.69, 9.17) is 9.47 Å². The summed E-state index contributed by atoms with van der Waals surface area (Å²) in [5.74, 6) is 1.64. The van der Waals surface area contributed by atoms with E-state index in [2.05, 4.69) is 12.6 Å². The molecular weight excluding hydrogens is 210 g/mol. The van der Waals surface area contributed by atoms with Crippen molar-refractivity contribution >= 4 is 12.6 Å². The number of ether oxygens (including phenoxy) is 2. The van der Waals surface area contributed by atoms with Gasteiger partial charge in [-0.05, 0) is 32.3 Å². The fraction of sp³-hybridized carbons (Fsp3) is 0.455. The Hall–Kier alpha value is -0.870. The van der Waals surface area contributed by atoms with Crippen molar-refractivity contribution in [1.82, 2.24) is 4.90 Å². The third-order valence-corrected chi connectivity index (χ3v) is 2.94. The summed E-state index contributed by atoms with van der Waals surface area (Å²) in [5.41, 5.74) is 1.00. The third kappa shape index (κ3) is 2.79. The number of hydrogen-bond acceptors (Lipinski definition) is 4. The molecule has 0 saturated heterocycles. The Morgan fingerprint density at radius 3 is 2.33 bits per heavy atom. The average molecular weight is 227 g/mol. The van der Waals surface area contributed by atoms with Crippen molar-refractivity contribution in [3.63, 3.8) is 0 Å². The molecule has 84 valence electrons. The fourth-order valence-electron chi connectivity index (χ4n) is 1.32. The topological polar surface area (TPSA) is 21.7 Å². The second-order valence-corrected chi connectivity index (χ2v) is 3.93. The predicted octanol–water partition coefficient (Wildman–Crippen LogP) is 2.19. The van der Waals surface area contributed by atoms with Crippen LogP contribution in [-0.2, 0) is 0 Å². The molecule has 1 aromatic rings. The maximum absolute atomic E-state index is 5.29. The Bertz CT molecular complexity index is 328. The molecule has 0 fully saturated rings. The number of thiol groups is 1. The maximum atomic E-state index is 5.29. The van der Waals surface area contributed by atoms with Crippen molar-refractivity contribution in [3.8, 4) is 11.5 Å². The molecule has 3 nitrogen and oxygen atoms in total. The lowest BCUT2D eigenvalue weighted by atomic mass is 10.1. The molecule has 0 N–H and O–H groups in total. The van der Waals surface area contributed by atoms with Crippen molar-refractivity contribution in [2.75, 3.05) is 28.3 Å². The van der Waals surface area contributed by atoms with E-state index in [9.17, 15) is 0 Å². The van der Waals surface area contributed by atoms with Crippen molar-refractivity contribution in [2.24, 2.45) is 0 Å². The van der Waals surface area contributed by atoms with Crippen LogP contribution in [0, 0.1) is 0 Å². The highest BCUT2D eigenvalue weighted by Crippen LogP contribution is 2.33. The van der Waals surface area contributed by atoms with Gasteiger partial charge in [-0.1, -0.05) is 0 Å². The molecule has 1 rings (SSSR count). The van der Waals surface area contributed by atoms with Gasteiger partial charge in [0, 0.05) is 5.56 Å². The highest BCUT2D eigenvalue weighted by atomic mass is 32.1. The maximum Gasteiger partial charge on any atom is 0.124 e. The van der Waals surface area contributed by atoms with E-state index in [0.717, 1.165) is 17.1 Å². The smallest absolute Gasteiger partial charge is 0.124 e. The Morgan fingerprint density at radius 1 is 1.20 bits per heavy atom. The predicted molar refractivity (Wildman–Crippen MR) is 65.0 cm³/mol. The zero-order chi connectivity index (χ0) is 11.4. The highest BCUT2D eigenvalue weighted by Gasteiger charge is 2.15. The zero-order valence-electron chi connectivity index (χ0n) is 9.52. The van der Waals surface area contributed by atoms with Gasteiger partial charge in [0.2, 0.25) is 0 Å². The zero-order valence-corrected chi connectivity index (χ0v) is 10.4. The van der Waals surface area contributed by atoms with E-state index in [1.807, 2.05) is 37.2 Å². The molecule has 0 amide bonds. The Balaban J connectivity index is 3.11. The van der Waals surface area contributed by atoms with E-state index in [-0.39, 0.29) is 5.37 Å². The summed E-state index contributed by atoms with van der Waals surface area (Å²) in [6, 6.07) is 5.70. The number of methoxy groups -OCH3 is 2. The standard InChI is InChI=1S/C11H17NO2S/c1-12(2)11(15)9-7-8(13-3)5-6-10(9)14-4/h5-7,11,15H,1-4H3. The normalized spacial score (nSPS) is 12.7. The second-order valence-electron chi connectivity index (χ2n) is 3.45. The monoisotopic (exact) mass is 227 g/mol. The van der Waals surface area contributed by atoms with Gasteiger partial charge in [0.25, 0.3) is 0 Å². The number of hydrogen-bond donors (Lipinski definition) is 1. The highest BCUT2D eigenvalue weighted by molar-refractivity contribution is 7.80. The molecule has 0 heterocycles. The van der Waals surface area contributed by atoms with Gasteiger partial charge in [-0.15, -0.1) is 0 Å². The summed E-state index contributed by atoms with van der Waals surface area (Å²) < 4.78 is 10.5. The van der Waals surface area contributed by atoms with E-state index in [0.29, 0.717) is 0 Å². The number of benzene rings is 1. The van der Waals surface area contributed by atoms with Crippen molar-refractivity contribution < 1.29 is 9.47 Å². The molecule has 1 atom stereocenters. The minimum Gasteiger partial charge on any atom is -0.497 e. The molecule has 0 bridgehead atoms. The molecule has 1 aromatic carbocycles. The van der Waals surface area contributed by atoms with Crippen LogP contribution < -0.4 is 9.47 Å². The molecule has 15 heavy (non-hydrogen) atoms. The molecule has 0 radical (unpaired) electrons. The largest absolute Gasteiger partial charge is 0.497 e. The number of rotatable bonds is 4. The molecule has 0 aliphatic rings. The molecule has 0 aliphatic heterocycles. The lowest BCUT2D eigenvalue weighted by Crippen LogP contribution is -2.15. The minimum atomic E-state index is -0.00458. The first-order valence-electron chi connectivity index (χ1n) is 4.66. The van der Waals surface area contributed by atoms with Gasteiger partial charge in [-0.3, -0.25) is 4.90 Å². The SMILES string of the molecule is COc1ccc(OC)c(C(S)N(C)C)c1. The first kappa shape index (κ1) is 12.2. The molecule has 0 spiro atoms. The van der Waals surface area contributed by atoms with Crippen LogP contribution in [0.3, 0.4) is 0 Å². The molecule has 1 unspecified atom stereocenters. The second kappa shape index (κ2) is 5.28.